The fourth-order valence-corrected chi connectivity index (χ4v) is 2.58. The van der Waals surface area contributed by atoms with E-state index in [1.54, 1.807) is 5.51 Å². The third-order valence-corrected chi connectivity index (χ3v) is 3.69. The first-order valence-electron chi connectivity index (χ1n) is 6.34. The second-order valence-corrected chi connectivity index (χ2v) is 5.15. The zero-order valence-corrected chi connectivity index (χ0v) is 11.6. The molecule has 0 spiro atoms. The lowest BCUT2D eigenvalue weighted by Crippen LogP contribution is -2.37. The topological polar surface area (TPSA) is 67.4 Å². The van der Waals surface area contributed by atoms with Gasteiger partial charge < -0.3 is 9.64 Å². The first-order valence-corrected chi connectivity index (χ1v) is 7.22. The number of hydrogen-bond donors (Lipinski definition) is 1. The van der Waals surface area contributed by atoms with Crippen molar-refractivity contribution in [2.75, 3.05) is 36.5 Å². The van der Waals surface area contributed by atoms with Gasteiger partial charge in [-0.15, -0.1) is 10.2 Å². The van der Waals surface area contributed by atoms with Gasteiger partial charge in [-0.3, -0.25) is 10.1 Å². The van der Waals surface area contributed by atoms with Crippen molar-refractivity contribution >= 4 is 28.1 Å². The minimum atomic E-state index is -0.163. The number of amides is 1. The maximum absolute atomic E-state index is 12.3. The van der Waals surface area contributed by atoms with Crippen molar-refractivity contribution in [3.05, 3.63) is 35.3 Å². The number of aromatic nitrogens is 2. The molecule has 0 aliphatic carbocycles. The molecule has 0 bridgehead atoms. The molecule has 1 N–H and O–H groups in total. The molecule has 0 atom stereocenters. The summed E-state index contributed by atoms with van der Waals surface area (Å²) >= 11 is 1.30. The van der Waals surface area contributed by atoms with Crippen LogP contribution in [-0.2, 0) is 4.74 Å². The van der Waals surface area contributed by atoms with E-state index in [1.165, 1.54) is 11.3 Å². The van der Waals surface area contributed by atoms with Crippen LogP contribution in [-0.4, -0.2) is 42.4 Å². The van der Waals surface area contributed by atoms with Crippen molar-refractivity contribution in [3.63, 3.8) is 0 Å². The van der Waals surface area contributed by atoms with E-state index >= 15 is 0 Å². The average molecular weight is 290 g/mol. The summed E-state index contributed by atoms with van der Waals surface area (Å²) in [5, 5.41) is 10.8. The van der Waals surface area contributed by atoms with Crippen LogP contribution in [0.4, 0.5) is 10.8 Å². The Morgan fingerprint density at radius 2 is 2.10 bits per heavy atom. The molecular weight excluding hydrogens is 276 g/mol. The lowest BCUT2D eigenvalue weighted by molar-refractivity contribution is 0.102. The second-order valence-electron chi connectivity index (χ2n) is 4.31. The molecule has 1 aliphatic heterocycles. The molecule has 2 aromatic rings. The Kier molecular flexibility index (Phi) is 3.89. The van der Waals surface area contributed by atoms with Gasteiger partial charge in [-0.25, -0.2) is 0 Å². The summed E-state index contributed by atoms with van der Waals surface area (Å²) < 4.78 is 5.35. The summed E-state index contributed by atoms with van der Waals surface area (Å²) in [7, 11) is 0. The van der Waals surface area contributed by atoms with E-state index in [-0.39, 0.29) is 5.91 Å². The minimum absolute atomic E-state index is 0.163. The molecule has 104 valence electrons. The normalized spacial score (nSPS) is 15.1. The van der Waals surface area contributed by atoms with Crippen LogP contribution in [0.3, 0.4) is 0 Å². The van der Waals surface area contributed by atoms with Crippen LogP contribution in [0, 0.1) is 0 Å². The lowest BCUT2D eigenvalue weighted by atomic mass is 10.1. The summed E-state index contributed by atoms with van der Waals surface area (Å²) in [5.74, 6) is -0.163. The second kappa shape index (κ2) is 5.98. The fraction of sp³-hybridized carbons (Fsp3) is 0.308. The SMILES string of the molecule is O=C(Nc1nncs1)c1ccccc1N1CCOCC1. The number of morpholine rings is 1. The van der Waals surface area contributed by atoms with E-state index in [1.807, 2.05) is 24.3 Å². The molecular formula is C13H14N4O2S. The summed E-state index contributed by atoms with van der Waals surface area (Å²) in [6.07, 6.45) is 0. The Bertz CT molecular complexity index is 582. The molecule has 1 aromatic heterocycles. The first kappa shape index (κ1) is 13.0. The number of carbonyl (C=O) groups excluding carboxylic acids is 1. The highest BCUT2D eigenvalue weighted by molar-refractivity contribution is 7.13. The minimum Gasteiger partial charge on any atom is -0.378 e. The molecule has 1 aliphatic rings. The van der Waals surface area contributed by atoms with Crippen LogP contribution < -0.4 is 10.2 Å². The smallest absolute Gasteiger partial charge is 0.259 e. The molecule has 1 aromatic carbocycles. The Hall–Kier alpha value is -1.99. The number of anilines is 2. The lowest BCUT2D eigenvalue weighted by Gasteiger charge is -2.30. The molecule has 6 nitrogen and oxygen atoms in total. The number of nitrogens with one attached hydrogen (secondary N) is 1. The van der Waals surface area contributed by atoms with Crippen molar-refractivity contribution in [1.82, 2.24) is 10.2 Å². The molecule has 0 saturated carbocycles. The van der Waals surface area contributed by atoms with Gasteiger partial charge in [0.15, 0.2) is 0 Å². The molecule has 2 heterocycles. The van der Waals surface area contributed by atoms with Crippen molar-refractivity contribution in [2.24, 2.45) is 0 Å². The van der Waals surface area contributed by atoms with Gasteiger partial charge in [0.2, 0.25) is 5.13 Å². The zero-order valence-electron chi connectivity index (χ0n) is 10.8. The number of carbonyl (C=O) groups is 1. The summed E-state index contributed by atoms with van der Waals surface area (Å²) in [4.78, 5) is 14.5. The third-order valence-electron chi connectivity index (χ3n) is 3.08. The van der Waals surface area contributed by atoms with Gasteiger partial charge in [-0.05, 0) is 12.1 Å². The highest BCUT2D eigenvalue weighted by atomic mass is 32.1. The number of para-hydroxylation sites is 1. The van der Waals surface area contributed by atoms with E-state index < -0.39 is 0 Å². The van der Waals surface area contributed by atoms with Gasteiger partial charge in [0.1, 0.15) is 5.51 Å². The molecule has 1 saturated heterocycles. The Balaban J connectivity index is 1.83. The van der Waals surface area contributed by atoms with Crippen LogP contribution in [0.1, 0.15) is 10.4 Å². The molecule has 1 amide bonds. The van der Waals surface area contributed by atoms with E-state index in [4.69, 9.17) is 4.74 Å². The van der Waals surface area contributed by atoms with Gasteiger partial charge in [-0.2, -0.15) is 0 Å². The molecule has 20 heavy (non-hydrogen) atoms. The standard InChI is InChI=1S/C13H14N4O2S/c18-12(15-13-16-14-9-20-13)10-3-1-2-4-11(10)17-5-7-19-8-6-17/h1-4,9H,5-8H2,(H,15,16,18). The Morgan fingerprint density at radius 1 is 1.30 bits per heavy atom. The van der Waals surface area contributed by atoms with E-state index in [0.717, 1.165) is 18.8 Å². The third kappa shape index (κ3) is 2.78. The highest BCUT2D eigenvalue weighted by Crippen LogP contribution is 2.22. The number of nitrogens with zero attached hydrogens (tertiary/aromatic N) is 3. The van der Waals surface area contributed by atoms with Crippen LogP contribution in [0.2, 0.25) is 0 Å². The maximum atomic E-state index is 12.3. The van der Waals surface area contributed by atoms with Crippen molar-refractivity contribution < 1.29 is 9.53 Å². The number of rotatable bonds is 3. The monoisotopic (exact) mass is 290 g/mol. The van der Waals surface area contributed by atoms with Crippen LogP contribution in [0.5, 0.6) is 0 Å². The van der Waals surface area contributed by atoms with Gasteiger partial charge in [0.25, 0.3) is 5.91 Å². The van der Waals surface area contributed by atoms with Gasteiger partial charge in [-0.1, -0.05) is 23.5 Å². The number of ether oxygens (including phenoxy) is 1. The Labute approximate surface area is 120 Å². The van der Waals surface area contributed by atoms with Crippen LogP contribution in [0.25, 0.3) is 0 Å². The molecule has 1 fully saturated rings. The summed E-state index contributed by atoms with van der Waals surface area (Å²) in [6.45, 7) is 2.96. The highest BCUT2D eigenvalue weighted by Gasteiger charge is 2.18. The van der Waals surface area contributed by atoms with E-state index in [9.17, 15) is 4.79 Å². The molecule has 0 unspecified atom stereocenters. The molecule has 0 radical (unpaired) electrons. The van der Waals surface area contributed by atoms with Gasteiger partial charge >= 0.3 is 0 Å². The van der Waals surface area contributed by atoms with Crippen molar-refractivity contribution in [3.8, 4) is 0 Å². The zero-order chi connectivity index (χ0) is 13.8. The van der Waals surface area contributed by atoms with Crippen molar-refractivity contribution in [2.45, 2.75) is 0 Å². The van der Waals surface area contributed by atoms with Crippen LogP contribution >= 0.6 is 11.3 Å². The van der Waals surface area contributed by atoms with Gasteiger partial charge in [0.05, 0.1) is 18.8 Å². The average Bonchev–Trinajstić information content (AvgIpc) is 3.01. The molecule has 7 heteroatoms. The van der Waals surface area contributed by atoms with Crippen LogP contribution in [0.15, 0.2) is 29.8 Å². The quantitative estimate of drug-likeness (QED) is 0.930. The predicted molar refractivity (Wildman–Crippen MR) is 77.3 cm³/mol. The fourth-order valence-electron chi connectivity index (χ4n) is 2.14. The van der Waals surface area contributed by atoms with E-state index in [2.05, 4.69) is 20.4 Å². The predicted octanol–water partition coefficient (Wildman–Crippen LogP) is 1.63. The number of benzene rings is 1. The molecule has 3 rings (SSSR count). The largest absolute Gasteiger partial charge is 0.378 e. The maximum Gasteiger partial charge on any atom is 0.259 e. The van der Waals surface area contributed by atoms with Crippen molar-refractivity contribution in [1.29, 1.82) is 0 Å². The summed E-state index contributed by atoms with van der Waals surface area (Å²) in [6, 6.07) is 7.58. The summed E-state index contributed by atoms with van der Waals surface area (Å²) in [5.41, 5.74) is 3.16. The first-order chi connectivity index (χ1) is 9.84. The van der Waals surface area contributed by atoms with E-state index in [0.29, 0.717) is 23.9 Å². The number of hydrogen-bond acceptors (Lipinski definition) is 6. The van der Waals surface area contributed by atoms with Gasteiger partial charge in [0, 0.05) is 18.8 Å². The Morgan fingerprint density at radius 3 is 2.85 bits per heavy atom.